The van der Waals surface area contributed by atoms with E-state index in [-0.39, 0.29) is 11.1 Å². The van der Waals surface area contributed by atoms with E-state index in [0.717, 1.165) is 5.69 Å². The van der Waals surface area contributed by atoms with E-state index in [0.29, 0.717) is 16.0 Å². The first-order valence-corrected chi connectivity index (χ1v) is 6.67. The predicted octanol–water partition coefficient (Wildman–Crippen LogP) is 2.82. The third kappa shape index (κ3) is 2.51. The zero-order chi connectivity index (χ0) is 15.1. The fourth-order valence-electron chi connectivity index (χ4n) is 1.95. The zero-order valence-electron chi connectivity index (χ0n) is 11.3. The molecule has 0 aliphatic carbocycles. The van der Waals surface area contributed by atoms with Gasteiger partial charge in [-0.15, -0.1) is 5.10 Å². The van der Waals surface area contributed by atoms with Gasteiger partial charge in [0.05, 0.1) is 20.8 Å². The van der Waals surface area contributed by atoms with E-state index in [9.17, 15) is 10.1 Å². The maximum absolute atomic E-state index is 10.8. The Morgan fingerprint density at radius 1 is 1.40 bits per heavy atom. The van der Waals surface area contributed by atoms with Crippen molar-refractivity contribution < 1.29 is 4.92 Å². The summed E-state index contributed by atoms with van der Waals surface area (Å²) < 4.78 is 2.16. The van der Waals surface area contributed by atoms with Gasteiger partial charge < -0.3 is 5.73 Å². The van der Waals surface area contributed by atoms with Crippen LogP contribution in [0.4, 0.5) is 11.5 Å². The molecule has 8 heteroatoms. The van der Waals surface area contributed by atoms with Crippen molar-refractivity contribution in [1.29, 1.82) is 0 Å². The Bertz CT molecular complexity index is 675. The Kier molecular flexibility index (Phi) is 3.51. The topological polar surface area (TPSA) is 99.9 Å². The van der Waals surface area contributed by atoms with Gasteiger partial charge in [-0.1, -0.05) is 26.0 Å². The molecule has 2 N–H and O–H groups in total. The van der Waals surface area contributed by atoms with Gasteiger partial charge in [-0.2, -0.15) is 0 Å². The van der Waals surface area contributed by atoms with E-state index in [2.05, 4.69) is 26.2 Å². The smallest absolute Gasteiger partial charge is 0.270 e. The SMILES string of the molecule is CC(C)(C)c1c(N)nnn1-c1ccc([N+](=O)[O-])cc1Br. The summed E-state index contributed by atoms with van der Waals surface area (Å²) in [5.41, 5.74) is 7.04. The molecule has 0 saturated carbocycles. The van der Waals surface area contributed by atoms with Crippen LogP contribution in [0.2, 0.25) is 0 Å². The molecule has 1 heterocycles. The average molecular weight is 340 g/mol. The van der Waals surface area contributed by atoms with Gasteiger partial charge in [0.15, 0.2) is 5.82 Å². The highest BCUT2D eigenvalue weighted by molar-refractivity contribution is 9.10. The van der Waals surface area contributed by atoms with Gasteiger partial charge in [-0.3, -0.25) is 10.1 Å². The highest BCUT2D eigenvalue weighted by Gasteiger charge is 2.26. The molecule has 0 fully saturated rings. The quantitative estimate of drug-likeness (QED) is 0.669. The average Bonchev–Trinajstić information content (AvgIpc) is 2.70. The summed E-state index contributed by atoms with van der Waals surface area (Å²) in [7, 11) is 0. The highest BCUT2D eigenvalue weighted by Crippen LogP contribution is 2.32. The van der Waals surface area contributed by atoms with E-state index in [1.807, 2.05) is 20.8 Å². The van der Waals surface area contributed by atoms with Gasteiger partial charge in [0.1, 0.15) is 0 Å². The van der Waals surface area contributed by atoms with Crippen molar-refractivity contribution in [2.45, 2.75) is 26.2 Å². The Balaban J connectivity index is 2.61. The number of nitrogen functional groups attached to an aromatic ring is 1. The Hall–Kier alpha value is -1.96. The van der Waals surface area contributed by atoms with Gasteiger partial charge in [0.2, 0.25) is 0 Å². The first-order chi connectivity index (χ1) is 9.21. The van der Waals surface area contributed by atoms with E-state index >= 15 is 0 Å². The summed E-state index contributed by atoms with van der Waals surface area (Å²) in [5, 5.41) is 18.7. The molecule has 0 atom stereocenters. The summed E-state index contributed by atoms with van der Waals surface area (Å²) in [6.45, 7) is 5.99. The van der Waals surface area contributed by atoms with Crippen molar-refractivity contribution in [1.82, 2.24) is 15.0 Å². The molecule has 2 rings (SSSR count). The summed E-state index contributed by atoms with van der Waals surface area (Å²) in [6, 6.07) is 4.47. The van der Waals surface area contributed by atoms with Crippen LogP contribution < -0.4 is 5.73 Å². The molecule has 0 aliphatic rings. The van der Waals surface area contributed by atoms with Crippen molar-refractivity contribution in [3.8, 4) is 5.69 Å². The van der Waals surface area contributed by atoms with Gasteiger partial charge >= 0.3 is 0 Å². The maximum Gasteiger partial charge on any atom is 0.270 e. The molecule has 0 spiro atoms. The normalized spacial score (nSPS) is 11.6. The van der Waals surface area contributed by atoms with Crippen LogP contribution in [-0.4, -0.2) is 19.9 Å². The van der Waals surface area contributed by atoms with E-state index < -0.39 is 4.92 Å². The number of hydrogen-bond acceptors (Lipinski definition) is 5. The standard InChI is InChI=1S/C12H14BrN5O2/c1-12(2,3)10-11(14)15-16-17(10)9-5-4-7(18(19)20)6-8(9)13/h4-6H,14H2,1-3H3. The molecule has 0 bridgehead atoms. The van der Waals surface area contributed by atoms with Crippen molar-refractivity contribution in [3.05, 3.63) is 38.5 Å². The van der Waals surface area contributed by atoms with Crippen LogP contribution >= 0.6 is 15.9 Å². The lowest BCUT2D eigenvalue weighted by atomic mass is 9.91. The molecule has 0 saturated heterocycles. The lowest BCUT2D eigenvalue weighted by molar-refractivity contribution is -0.384. The molecular formula is C12H14BrN5O2. The molecule has 2 aromatic rings. The fraction of sp³-hybridized carbons (Fsp3) is 0.333. The Morgan fingerprint density at radius 3 is 2.55 bits per heavy atom. The predicted molar refractivity (Wildman–Crippen MR) is 78.8 cm³/mol. The zero-order valence-corrected chi connectivity index (χ0v) is 12.9. The summed E-state index contributed by atoms with van der Waals surface area (Å²) >= 11 is 3.33. The minimum absolute atomic E-state index is 0.00557. The number of nitrogens with two attached hydrogens (primary N) is 1. The molecule has 0 unspecified atom stereocenters. The molecule has 0 radical (unpaired) electrons. The number of hydrogen-bond donors (Lipinski definition) is 1. The lowest BCUT2D eigenvalue weighted by Crippen LogP contribution is -2.19. The maximum atomic E-state index is 10.8. The summed E-state index contributed by atoms with van der Waals surface area (Å²) in [4.78, 5) is 10.3. The van der Waals surface area contributed by atoms with Crippen LogP contribution in [0, 0.1) is 10.1 Å². The molecule has 1 aromatic heterocycles. The van der Waals surface area contributed by atoms with Gasteiger partial charge in [-0.05, 0) is 22.0 Å². The van der Waals surface area contributed by atoms with Crippen LogP contribution in [0.5, 0.6) is 0 Å². The van der Waals surface area contributed by atoms with Crippen LogP contribution in [0.1, 0.15) is 26.5 Å². The molecule has 0 aliphatic heterocycles. The van der Waals surface area contributed by atoms with Crippen molar-refractivity contribution in [2.75, 3.05) is 5.73 Å². The molecule has 7 nitrogen and oxygen atoms in total. The number of anilines is 1. The number of nitro groups is 1. The van der Waals surface area contributed by atoms with Gasteiger partial charge in [-0.25, -0.2) is 4.68 Å². The van der Waals surface area contributed by atoms with Crippen molar-refractivity contribution >= 4 is 27.4 Å². The number of rotatable bonds is 2. The third-order valence-electron chi connectivity index (χ3n) is 2.78. The minimum Gasteiger partial charge on any atom is -0.381 e. The highest BCUT2D eigenvalue weighted by atomic mass is 79.9. The first-order valence-electron chi connectivity index (χ1n) is 5.88. The van der Waals surface area contributed by atoms with E-state index in [4.69, 9.17) is 5.73 Å². The Labute approximate surface area is 124 Å². The van der Waals surface area contributed by atoms with Crippen LogP contribution in [0.15, 0.2) is 22.7 Å². The van der Waals surface area contributed by atoms with Crippen LogP contribution in [0.25, 0.3) is 5.69 Å². The largest absolute Gasteiger partial charge is 0.381 e. The lowest BCUT2D eigenvalue weighted by Gasteiger charge is -2.20. The van der Waals surface area contributed by atoms with Crippen LogP contribution in [-0.2, 0) is 5.41 Å². The molecule has 1 aromatic carbocycles. The third-order valence-corrected chi connectivity index (χ3v) is 3.41. The fourth-order valence-corrected chi connectivity index (χ4v) is 2.48. The van der Waals surface area contributed by atoms with Gasteiger partial charge in [0, 0.05) is 17.5 Å². The number of non-ortho nitro benzene ring substituents is 1. The second kappa shape index (κ2) is 4.86. The van der Waals surface area contributed by atoms with Crippen molar-refractivity contribution in [2.24, 2.45) is 0 Å². The molecule has 106 valence electrons. The minimum atomic E-state index is -0.449. The Morgan fingerprint density at radius 2 is 2.05 bits per heavy atom. The number of aromatic nitrogens is 3. The second-order valence-electron chi connectivity index (χ2n) is 5.38. The summed E-state index contributed by atoms with van der Waals surface area (Å²) in [5.74, 6) is 0.350. The van der Waals surface area contributed by atoms with E-state index in [1.54, 1.807) is 10.7 Å². The number of nitrogens with zero attached hydrogens (tertiary/aromatic N) is 4. The number of nitro benzene ring substituents is 1. The molecule has 20 heavy (non-hydrogen) atoms. The van der Waals surface area contributed by atoms with Crippen LogP contribution in [0.3, 0.4) is 0 Å². The first kappa shape index (κ1) is 14.4. The molecular weight excluding hydrogens is 326 g/mol. The van der Waals surface area contributed by atoms with Crippen molar-refractivity contribution in [3.63, 3.8) is 0 Å². The van der Waals surface area contributed by atoms with Gasteiger partial charge in [0.25, 0.3) is 5.69 Å². The molecule has 0 amide bonds. The number of benzene rings is 1. The summed E-state index contributed by atoms with van der Waals surface area (Å²) in [6.07, 6.45) is 0. The number of halogens is 1. The second-order valence-corrected chi connectivity index (χ2v) is 6.23. The van der Waals surface area contributed by atoms with E-state index in [1.165, 1.54) is 12.1 Å². The monoisotopic (exact) mass is 339 g/mol.